The van der Waals surface area contributed by atoms with Crippen molar-refractivity contribution in [2.24, 2.45) is 35.5 Å². The molecule has 1 aromatic heterocycles. The van der Waals surface area contributed by atoms with Crippen molar-refractivity contribution in [3.63, 3.8) is 0 Å². The molecule has 30 heavy (non-hydrogen) atoms. The highest BCUT2D eigenvalue weighted by Crippen LogP contribution is 2.71. The van der Waals surface area contributed by atoms with Gasteiger partial charge in [0.05, 0.1) is 5.57 Å². The van der Waals surface area contributed by atoms with Crippen LogP contribution < -0.4 is 0 Å². The van der Waals surface area contributed by atoms with Crippen LogP contribution in [-0.4, -0.2) is 11.9 Å². The lowest BCUT2D eigenvalue weighted by molar-refractivity contribution is -0.157. The summed E-state index contributed by atoms with van der Waals surface area (Å²) >= 11 is 1.90. The van der Waals surface area contributed by atoms with E-state index in [4.69, 9.17) is 4.74 Å². The van der Waals surface area contributed by atoms with E-state index in [-0.39, 0.29) is 23.3 Å². The van der Waals surface area contributed by atoms with Crippen molar-refractivity contribution in [1.82, 2.24) is 0 Å². The molecule has 8 rings (SSSR count). The van der Waals surface area contributed by atoms with Crippen LogP contribution in [0.1, 0.15) is 56.4 Å². The maximum Gasteiger partial charge on any atom is 0.342 e. The maximum absolute atomic E-state index is 13.3. The van der Waals surface area contributed by atoms with Gasteiger partial charge in [-0.15, -0.1) is 11.3 Å². The summed E-state index contributed by atoms with van der Waals surface area (Å²) in [5, 5.41) is 1.26. The minimum absolute atomic E-state index is 0.173. The van der Waals surface area contributed by atoms with E-state index in [1.54, 1.807) is 0 Å². The van der Waals surface area contributed by atoms with E-state index in [0.29, 0.717) is 17.4 Å². The number of thiophene rings is 1. The maximum atomic E-state index is 13.3. The van der Waals surface area contributed by atoms with Crippen molar-refractivity contribution in [3.05, 3.63) is 40.3 Å². The molecule has 0 unspecified atom stereocenters. The Morgan fingerprint density at radius 2 is 1.67 bits per heavy atom. The van der Waals surface area contributed by atoms with Gasteiger partial charge in [0.15, 0.2) is 0 Å². The SMILES string of the molecule is CC(C)C1=C2C(=O)OC(=O)[C@@H]2C2(c3sc4ccccc4c31)C1CC3CC(C1)CC2C3. The Kier molecular flexibility index (Phi) is 3.33. The first-order valence-electron chi connectivity index (χ1n) is 11.5. The average molecular weight is 419 g/mol. The second-order valence-electron chi connectivity index (χ2n) is 10.7. The van der Waals surface area contributed by atoms with Crippen molar-refractivity contribution >= 4 is 38.9 Å². The Bertz CT molecular complexity index is 1140. The number of hydrogen-bond acceptors (Lipinski definition) is 4. The normalized spacial score (nSPS) is 38.7. The molecule has 3 nitrogen and oxygen atoms in total. The fourth-order valence-corrected chi connectivity index (χ4v) is 10.0. The molecule has 1 aliphatic heterocycles. The van der Waals surface area contributed by atoms with Crippen LogP contribution in [0.2, 0.25) is 0 Å². The number of fused-ring (bicyclic) bond motifs is 4. The van der Waals surface area contributed by atoms with Crippen LogP contribution >= 0.6 is 11.3 Å². The quantitative estimate of drug-likeness (QED) is 0.440. The molecule has 0 amide bonds. The van der Waals surface area contributed by atoms with Gasteiger partial charge in [-0.25, -0.2) is 4.79 Å². The van der Waals surface area contributed by atoms with E-state index in [1.165, 1.54) is 52.6 Å². The zero-order valence-electron chi connectivity index (χ0n) is 17.4. The number of hydrogen-bond donors (Lipinski definition) is 0. The second kappa shape index (κ2) is 5.64. The summed E-state index contributed by atoms with van der Waals surface area (Å²) in [6, 6.07) is 8.63. The van der Waals surface area contributed by atoms with Gasteiger partial charge < -0.3 is 4.74 Å². The Labute approximate surface area is 180 Å². The van der Waals surface area contributed by atoms with Gasteiger partial charge >= 0.3 is 11.9 Å². The molecule has 6 aliphatic rings. The Morgan fingerprint density at radius 3 is 2.33 bits per heavy atom. The lowest BCUT2D eigenvalue weighted by Gasteiger charge is -2.63. The third-order valence-electron chi connectivity index (χ3n) is 9.03. The monoisotopic (exact) mass is 418 g/mol. The molecule has 5 fully saturated rings. The number of ether oxygens (including phenoxy) is 1. The fourth-order valence-electron chi connectivity index (χ4n) is 8.43. The van der Waals surface area contributed by atoms with Crippen molar-refractivity contribution in [2.45, 2.75) is 51.4 Å². The lowest BCUT2D eigenvalue weighted by Crippen LogP contribution is -2.61. The first-order valence-corrected chi connectivity index (χ1v) is 12.3. The highest BCUT2D eigenvalue weighted by atomic mass is 32.1. The first kappa shape index (κ1) is 17.7. The molecular weight excluding hydrogens is 392 g/mol. The van der Waals surface area contributed by atoms with Crippen molar-refractivity contribution in [2.75, 3.05) is 0 Å². The number of carbonyl (C=O) groups excluding carboxylic acids is 2. The van der Waals surface area contributed by atoms with Crippen LogP contribution in [0.25, 0.3) is 15.7 Å². The molecule has 4 bridgehead atoms. The number of rotatable bonds is 1. The Balaban J connectivity index is 1.62. The fraction of sp³-hybridized carbons (Fsp3) is 0.538. The largest absolute Gasteiger partial charge is 0.389 e. The number of carbonyl (C=O) groups is 2. The standard InChI is InChI=1S/C26H26O3S/c1-12(2)19-20-17-5-3-4-6-18(17)30-23(20)26(22-21(19)24(27)29-25(22)28)15-8-13-7-14(10-15)11-16(26)9-13/h3-6,12-16,22H,7-11H2,1-2H3/t13?,14?,15?,16?,22-,26?/m1/s1. The van der Waals surface area contributed by atoms with Crippen LogP contribution in [0.3, 0.4) is 0 Å². The van der Waals surface area contributed by atoms with E-state index in [2.05, 4.69) is 38.1 Å². The summed E-state index contributed by atoms with van der Waals surface area (Å²) in [6.07, 6.45) is 6.22. The van der Waals surface area contributed by atoms with Crippen LogP contribution in [-0.2, 0) is 19.7 Å². The summed E-state index contributed by atoms with van der Waals surface area (Å²) in [6.45, 7) is 4.31. The highest BCUT2D eigenvalue weighted by Gasteiger charge is 2.69. The van der Waals surface area contributed by atoms with E-state index in [9.17, 15) is 9.59 Å². The molecule has 1 spiro atoms. The topological polar surface area (TPSA) is 43.4 Å². The number of esters is 2. The molecular formula is C26H26O3S. The van der Waals surface area contributed by atoms with Gasteiger partial charge in [-0.05, 0) is 73.3 Å². The zero-order valence-corrected chi connectivity index (χ0v) is 18.3. The molecule has 154 valence electrons. The third kappa shape index (κ3) is 1.89. The third-order valence-corrected chi connectivity index (χ3v) is 10.4. The molecule has 1 aromatic carbocycles. The van der Waals surface area contributed by atoms with Gasteiger partial charge in [-0.3, -0.25) is 4.79 Å². The Morgan fingerprint density at radius 1 is 1.00 bits per heavy atom. The van der Waals surface area contributed by atoms with Crippen LogP contribution in [0.4, 0.5) is 0 Å². The molecule has 5 aliphatic carbocycles. The van der Waals surface area contributed by atoms with Gasteiger partial charge in [0, 0.05) is 25.9 Å². The molecule has 1 saturated heterocycles. The molecule has 4 saturated carbocycles. The van der Waals surface area contributed by atoms with E-state index in [1.807, 2.05) is 11.3 Å². The van der Waals surface area contributed by atoms with Gasteiger partial charge in [-0.2, -0.15) is 0 Å². The predicted octanol–water partition coefficient (Wildman–Crippen LogP) is 5.72. The number of benzene rings is 1. The first-order chi connectivity index (χ1) is 14.5. The smallest absolute Gasteiger partial charge is 0.342 e. The predicted molar refractivity (Wildman–Crippen MR) is 117 cm³/mol. The van der Waals surface area contributed by atoms with Crippen molar-refractivity contribution in [1.29, 1.82) is 0 Å². The summed E-state index contributed by atoms with van der Waals surface area (Å²) in [7, 11) is 0. The molecule has 2 aromatic rings. The number of cyclic esters (lactones) is 2. The Hall–Kier alpha value is -1.94. The summed E-state index contributed by atoms with van der Waals surface area (Å²) in [5.41, 5.74) is 2.82. The van der Waals surface area contributed by atoms with Crippen LogP contribution in [0.15, 0.2) is 29.8 Å². The summed E-state index contributed by atoms with van der Waals surface area (Å²) < 4.78 is 6.69. The summed E-state index contributed by atoms with van der Waals surface area (Å²) in [4.78, 5) is 27.9. The molecule has 4 heteroatoms. The second-order valence-corrected chi connectivity index (χ2v) is 11.7. The zero-order chi connectivity index (χ0) is 20.4. The highest BCUT2D eigenvalue weighted by molar-refractivity contribution is 7.19. The molecule has 0 radical (unpaired) electrons. The van der Waals surface area contributed by atoms with E-state index < -0.39 is 5.92 Å². The molecule has 0 N–H and O–H groups in total. The number of allylic oxidation sites excluding steroid dienone is 1. The molecule has 1 atom stereocenters. The van der Waals surface area contributed by atoms with Gasteiger partial charge in [0.2, 0.25) is 0 Å². The summed E-state index contributed by atoms with van der Waals surface area (Å²) in [5.74, 6) is 1.74. The van der Waals surface area contributed by atoms with Crippen LogP contribution in [0.5, 0.6) is 0 Å². The average Bonchev–Trinajstić information content (AvgIpc) is 3.23. The molecule has 2 heterocycles. The van der Waals surface area contributed by atoms with Gasteiger partial charge in [0.25, 0.3) is 0 Å². The minimum atomic E-state index is -0.391. The van der Waals surface area contributed by atoms with E-state index >= 15 is 0 Å². The lowest BCUT2D eigenvalue weighted by atomic mass is 9.40. The van der Waals surface area contributed by atoms with E-state index in [0.717, 1.165) is 17.4 Å². The minimum Gasteiger partial charge on any atom is -0.389 e. The van der Waals surface area contributed by atoms with Crippen molar-refractivity contribution < 1.29 is 14.3 Å². The van der Waals surface area contributed by atoms with Crippen LogP contribution in [0, 0.1) is 35.5 Å². The van der Waals surface area contributed by atoms with Gasteiger partial charge in [0.1, 0.15) is 5.92 Å². The van der Waals surface area contributed by atoms with Gasteiger partial charge in [-0.1, -0.05) is 32.0 Å². The van der Waals surface area contributed by atoms with Crippen molar-refractivity contribution in [3.8, 4) is 0 Å².